The van der Waals surface area contributed by atoms with Crippen LogP contribution in [-0.4, -0.2) is 21.3 Å². The first-order chi connectivity index (χ1) is 12.1. The van der Waals surface area contributed by atoms with Gasteiger partial charge in [0.25, 0.3) is 0 Å². The Labute approximate surface area is 146 Å². The predicted octanol–water partition coefficient (Wildman–Crippen LogP) is 3.79. The molecule has 2 aromatic carbocycles. The van der Waals surface area contributed by atoms with Gasteiger partial charge in [0.2, 0.25) is 11.6 Å². The number of hydrogen-bond acceptors (Lipinski definition) is 3. The van der Waals surface area contributed by atoms with Crippen molar-refractivity contribution in [2.24, 2.45) is 0 Å². The summed E-state index contributed by atoms with van der Waals surface area (Å²) in [6, 6.07) is 15.7. The van der Waals surface area contributed by atoms with E-state index in [1.165, 1.54) is 11.1 Å². The highest BCUT2D eigenvalue weighted by Gasteiger charge is 2.35. The molecule has 4 heteroatoms. The highest BCUT2D eigenvalue weighted by Crippen LogP contribution is 2.35. The molecule has 0 spiro atoms. The van der Waals surface area contributed by atoms with E-state index in [0.29, 0.717) is 23.4 Å². The molecule has 1 aliphatic carbocycles. The van der Waals surface area contributed by atoms with Crippen molar-refractivity contribution < 1.29 is 9.59 Å². The first-order valence-electron chi connectivity index (χ1n) is 8.37. The van der Waals surface area contributed by atoms with Crippen LogP contribution < -0.4 is 0 Å². The summed E-state index contributed by atoms with van der Waals surface area (Å²) in [6.07, 6.45) is 0.818. The molecule has 0 amide bonds. The van der Waals surface area contributed by atoms with Gasteiger partial charge < -0.3 is 0 Å². The molecule has 0 radical (unpaired) electrons. The third-order valence-corrected chi connectivity index (χ3v) is 4.72. The van der Waals surface area contributed by atoms with Gasteiger partial charge in [-0.05, 0) is 25.8 Å². The van der Waals surface area contributed by atoms with Gasteiger partial charge in [0.1, 0.15) is 0 Å². The van der Waals surface area contributed by atoms with E-state index in [1.54, 1.807) is 19.1 Å². The lowest BCUT2D eigenvalue weighted by Gasteiger charge is -2.17. The Balaban J connectivity index is 1.76. The van der Waals surface area contributed by atoms with Crippen molar-refractivity contribution in [2.45, 2.75) is 26.8 Å². The summed E-state index contributed by atoms with van der Waals surface area (Å²) in [4.78, 5) is 24.9. The summed E-state index contributed by atoms with van der Waals surface area (Å²) in [5.41, 5.74) is 5.56. The smallest absolute Gasteiger partial charge is 0.237 e. The fourth-order valence-corrected chi connectivity index (χ4v) is 3.40. The van der Waals surface area contributed by atoms with E-state index in [0.717, 1.165) is 17.7 Å². The third kappa shape index (κ3) is 2.50. The van der Waals surface area contributed by atoms with E-state index >= 15 is 0 Å². The zero-order valence-corrected chi connectivity index (χ0v) is 14.2. The molecule has 1 heterocycles. The Morgan fingerprint density at radius 1 is 0.880 bits per heavy atom. The molecule has 124 valence electrons. The number of rotatable bonds is 3. The maximum Gasteiger partial charge on any atom is 0.237 e. The van der Waals surface area contributed by atoms with E-state index in [4.69, 9.17) is 0 Å². The summed E-state index contributed by atoms with van der Waals surface area (Å²) in [7, 11) is 0. The molecule has 0 saturated carbocycles. The van der Waals surface area contributed by atoms with Crippen molar-refractivity contribution in [3.05, 3.63) is 76.5 Å². The van der Waals surface area contributed by atoms with Crippen LogP contribution in [0, 0.1) is 13.8 Å². The van der Waals surface area contributed by atoms with Crippen molar-refractivity contribution >= 4 is 11.6 Å². The lowest BCUT2D eigenvalue weighted by molar-refractivity contribution is 0.0815. The molecule has 4 nitrogen and oxygen atoms in total. The highest BCUT2D eigenvalue weighted by atomic mass is 16.2. The van der Waals surface area contributed by atoms with E-state index in [2.05, 4.69) is 36.3 Å². The molecule has 0 N–H and O–H groups in total. The second-order valence-electron chi connectivity index (χ2n) is 6.47. The largest absolute Gasteiger partial charge is 0.285 e. The molecule has 0 bridgehead atoms. The average molecular weight is 330 g/mol. The van der Waals surface area contributed by atoms with Gasteiger partial charge in [0, 0.05) is 17.7 Å². The number of Topliss-reactive ketones (excluding diaryl/α,β-unsaturated/α-hetero) is 2. The first-order valence-corrected chi connectivity index (χ1v) is 8.37. The van der Waals surface area contributed by atoms with Crippen LogP contribution in [0.2, 0.25) is 0 Å². The van der Waals surface area contributed by atoms with Gasteiger partial charge in [-0.15, -0.1) is 0 Å². The molecule has 3 aromatic rings. The fraction of sp³-hybridized carbons (Fsp3) is 0.190. The predicted molar refractivity (Wildman–Crippen MR) is 95.9 cm³/mol. The molecule has 4 rings (SSSR count). The van der Waals surface area contributed by atoms with E-state index in [9.17, 15) is 9.59 Å². The Hall–Kier alpha value is -3.01. The molecule has 0 atom stereocenters. The fourth-order valence-electron chi connectivity index (χ4n) is 3.40. The van der Waals surface area contributed by atoms with Gasteiger partial charge in [-0.25, -0.2) is 0 Å². The number of carbonyl (C=O) groups excluding carboxylic acids is 2. The summed E-state index contributed by atoms with van der Waals surface area (Å²) in [5.74, 6) is -0.892. The van der Waals surface area contributed by atoms with Crippen molar-refractivity contribution in [3.8, 4) is 11.3 Å². The Morgan fingerprint density at radius 3 is 2.28 bits per heavy atom. The topological polar surface area (TPSA) is 52.0 Å². The molecule has 1 aliphatic rings. The minimum absolute atomic E-state index is 0.440. The van der Waals surface area contributed by atoms with Crippen LogP contribution in [0.15, 0.2) is 48.5 Å². The number of nitrogens with zero attached hydrogens (tertiary/aromatic N) is 2. The number of aromatic nitrogens is 2. The molecule has 0 unspecified atom stereocenters. The van der Waals surface area contributed by atoms with Gasteiger partial charge in [0.05, 0.1) is 17.0 Å². The number of fused-ring (bicyclic) bond motifs is 3. The van der Waals surface area contributed by atoms with E-state index < -0.39 is 11.6 Å². The quantitative estimate of drug-likeness (QED) is 0.687. The number of ketones is 2. The molecule has 0 fully saturated rings. The third-order valence-electron chi connectivity index (χ3n) is 4.72. The van der Waals surface area contributed by atoms with Crippen LogP contribution in [0.5, 0.6) is 0 Å². The number of aryl methyl sites for hydroxylation is 4. The summed E-state index contributed by atoms with van der Waals surface area (Å²) < 4.78 is 1.87. The van der Waals surface area contributed by atoms with Gasteiger partial charge in [-0.3, -0.25) is 14.3 Å². The molecule has 0 aliphatic heterocycles. The minimum Gasteiger partial charge on any atom is -0.285 e. The van der Waals surface area contributed by atoms with Gasteiger partial charge in [0.15, 0.2) is 0 Å². The van der Waals surface area contributed by atoms with Crippen LogP contribution >= 0.6 is 0 Å². The standard InChI is InChI=1S/C21H18N2O2/c1-13-7-9-15(10-8-13)11-12-23-19-16-5-3-4-6-17(16)20(24)21(25)18(19)14(2)22-23/h3-10H,11-12H2,1-2H3. The van der Waals surface area contributed by atoms with Gasteiger partial charge in [-0.1, -0.05) is 54.1 Å². The summed E-state index contributed by atoms with van der Waals surface area (Å²) in [6.45, 7) is 4.52. The summed E-state index contributed by atoms with van der Waals surface area (Å²) >= 11 is 0. The van der Waals surface area contributed by atoms with E-state index in [-0.39, 0.29) is 0 Å². The lowest BCUT2D eigenvalue weighted by atomic mass is 9.87. The van der Waals surface area contributed by atoms with Gasteiger partial charge >= 0.3 is 0 Å². The summed E-state index contributed by atoms with van der Waals surface area (Å²) in [5, 5.41) is 4.55. The molecular formula is C21H18N2O2. The SMILES string of the molecule is Cc1ccc(CCn2nc(C)c3c2-c2ccccc2C(=O)C3=O)cc1. The Kier molecular flexibility index (Phi) is 3.61. The zero-order valence-electron chi connectivity index (χ0n) is 14.2. The van der Waals surface area contributed by atoms with Crippen molar-refractivity contribution in [2.75, 3.05) is 0 Å². The van der Waals surface area contributed by atoms with E-state index in [1.807, 2.05) is 16.8 Å². The number of benzene rings is 2. The zero-order chi connectivity index (χ0) is 17.6. The lowest BCUT2D eigenvalue weighted by Crippen LogP contribution is -2.22. The second kappa shape index (κ2) is 5.81. The molecule has 1 aromatic heterocycles. The number of hydrogen-bond donors (Lipinski definition) is 0. The molecular weight excluding hydrogens is 312 g/mol. The first kappa shape index (κ1) is 15.5. The maximum atomic E-state index is 12.5. The van der Waals surface area contributed by atoms with Gasteiger partial charge in [-0.2, -0.15) is 5.10 Å². The second-order valence-corrected chi connectivity index (χ2v) is 6.47. The van der Waals surface area contributed by atoms with Crippen molar-refractivity contribution in [3.63, 3.8) is 0 Å². The minimum atomic E-state index is -0.451. The van der Waals surface area contributed by atoms with Crippen LogP contribution in [0.25, 0.3) is 11.3 Å². The maximum absolute atomic E-state index is 12.5. The van der Waals surface area contributed by atoms with Crippen molar-refractivity contribution in [1.82, 2.24) is 9.78 Å². The average Bonchev–Trinajstić information content (AvgIpc) is 2.96. The Morgan fingerprint density at radius 2 is 1.56 bits per heavy atom. The van der Waals surface area contributed by atoms with Crippen LogP contribution in [0.1, 0.15) is 37.5 Å². The highest BCUT2D eigenvalue weighted by molar-refractivity contribution is 6.53. The monoisotopic (exact) mass is 330 g/mol. The van der Waals surface area contributed by atoms with Crippen LogP contribution in [0.4, 0.5) is 0 Å². The van der Waals surface area contributed by atoms with Crippen LogP contribution in [-0.2, 0) is 13.0 Å². The Bertz CT molecular complexity index is 997. The molecule has 25 heavy (non-hydrogen) atoms. The van der Waals surface area contributed by atoms with Crippen LogP contribution in [0.3, 0.4) is 0 Å². The number of carbonyl (C=O) groups is 2. The van der Waals surface area contributed by atoms with Crippen molar-refractivity contribution in [1.29, 1.82) is 0 Å². The normalized spacial score (nSPS) is 12.9. The molecule has 0 saturated heterocycles.